The molecule has 1 aliphatic rings. The molecule has 1 aromatic heterocycles. The van der Waals surface area contributed by atoms with E-state index < -0.39 is 5.82 Å². The molecular weight excluding hydrogens is 335 g/mol. The normalized spacial score (nSPS) is 15.1. The van der Waals surface area contributed by atoms with Crippen molar-refractivity contribution in [2.24, 2.45) is 0 Å². The molecule has 5 heteroatoms. The Kier molecular flexibility index (Phi) is 6.45. The Morgan fingerprint density at radius 1 is 1.20 bits per heavy atom. The second-order valence-electron chi connectivity index (χ2n) is 6.40. The molecule has 0 bridgehead atoms. The molecule has 0 saturated heterocycles. The van der Waals surface area contributed by atoms with Gasteiger partial charge in [-0.15, -0.1) is 11.8 Å². The Morgan fingerprint density at radius 2 is 1.96 bits per heavy atom. The highest BCUT2D eigenvalue weighted by molar-refractivity contribution is 7.99. The number of nitrogens with zero attached hydrogens (tertiary/aromatic N) is 1. The number of amides is 1. The Hall–Kier alpha value is -1.88. The molecule has 0 unspecified atom stereocenters. The Balaban J connectivity index is 1.63. The van der Waals surface area contributed by atoms with Crippen molar-refractivity contribution in [3.05, 3.63) is 59.5 Å². The third kappa shape index (κ3) is 5.30. The lowest BCUT2D eigenvalue weighted by atomic mass is 9.95. The number of benzene rings is 1. The summed E-state index contributed by atoms with van der Waals surface area (Å²) in [5, 5.41) is 3.65. The molecule has 3 rings (SSSR count). The van der Waals surface area contributed by atoms with Crippen molar-refractivity contribution < 1.29 is 9.18 Å². The topological polar surface area (TPSA) is 42.0 Å². The van der Waals surface area contributed by atoms with E-state index in [2.05, 4.69) is 22.4 Å². The first kappa shape index (κ1) is 17.9. The number of hydrogen-bond acceptors (Lipinski definition) is 3. The molecule has 132 valence electrons. The predicted octanol–water partition coefficient (Wildman–Crippen LogP) is 4.62. The van der Waals surface area contributed by atoms with Gasteiger partial charge >= 0.3 is 0 Å². The van der Waals surface area contributed by atoms with Crippen molar-refractivity contribution in [1.82, 2.24) is 10.3 Å². The third-order valence-electron chi connectivity index (χ3n) is 4.48. The van der Waals surface area contributed by atoms with Gasteiger partial charge in [0.15, 0.2) is 0 Å². The van der Waals surface area contributed by atoms with Gasteiger partial charge in [-0.2, -0.15) is 0 Å². The molecule has 1 amide bonds. The number of carbonyl (C=O) groups is 1. The SMILES string of the molecule is O=C(NC1CCCCC1)c1cc(F)cnc1SCCc1ccccc1. The lowest BCUT2D eigenvalue weighted by Gasteiger charge is -2.23. The molecule has 3 nitrogen and oxygen atoms in total. The molecule has 2 aromatic rings. The van der Waals surface area contributed by atoms with E-state index in [-0.39, 0.29) is 11.9 Å². The van der Waals surface area contributed by atoms with E-state index in [4.69, 9.17) is 0 Å². The summed E-state index contributed by atoms with van der Waals surface area (Å²) in [6.07, 6.45) is 7.59. The number of nitrogens with one attached hydrogen (secondary N) is 1. The summed E-state index contributed by atoms with van der Waals surface area (Å²) in [6.45, 7) is 0. The van der Waals surface area contributed by atoms with Crippen molar-refractivity contribution in [2.75, 3.05) is 5.75 Å². The van der Waals surface area contributed by atoms with Crippen LogP contribution in [-0.2, 0) is 6.42 Å². The first-order valence-corrected chi connectivity index (χ1v) is 9.84. The van der Waals surface area contributed by atoms with Gasteiger partial charge in [-0.1, -0.05) is 49.6 Å². The Bertz CT molecular complexity index is 702. The van der Waals surface area contributed by atoms with Crippen LogP contribution in [0.2, 0.25) is 0 Å². The number of hydrogen-bond donors (Lipinski definition) is 1. The molecule has 1 aliphatic carbocycles. The van der Waals surface area contributed by atoms with E-state index in [1.54, 1.807) is 0 Å². The standard InChI is InChI=1S/C20H23FN2OS/c21-16-13-18(19(24)23-17-9-5-2-6-10-17)20(22-14-16)25-12-11-15-7-3-1-4-8-15/h1,3-4,7-8,13-14,17H,2,5-6,9-12H2,(H,23,24). The van der Waals surface area contributed by atoms with E-state index in [0.717, 1.165) is 37.9 Å². The molecule has 25 heavy (non-hydrogen) atoms. The van der Waals surface area contributed by atoms with Crippen LogP contribution < -0.4 is 5.32 Å². The number of halogens is 1. The second kappa shape index (κ2) is 8.99. The number of thioether (sulfide) groups is 1. The number of aryl methyl sites for hydroxylation is 1. The minimum Gasteiger partial charge on any atom is -0.349 e. The van der Waals surface area contributed by atoms with Gasteiger partial charge in [0.1, 0.15) is 10.8 Å². The molecule has 0 radical (unpaired) electrons. The van der Waals surface area contributed by atoms with E-state index in [9.17, 15) is 9.18 Å². The predicted molar refractivity (Wildman–Crippen MR) is 99.4 cm³/mol. The van der Waals surface area contributed by atoms with Crippen LogP contribution in [0.5, 0.6) is 0 Å². The first-order valence-electron chi connectivity index (χ1n) is 8.85. The molecular formula is C20H23FN2OS. The van der Waals surface area contributed by atoms with Crippen molar-refractivity contribution in [1.29, 1.82) is 0 Å². The summed E-state index contributed by atoms with van der Waals surface area (Å²) in [4.78, 5) is 16.7. The van der Waals surface area contributed by atoms with Gasteiger partial charge in [0.2, 0.25) is 0 Å². The van der Waals surface area contributed by atoms with Gasteiger partial charge in [0.25, 0.3) is 5.91 Å². The van der Waals surface area contributed by atoms with Gasteiger partial charge < -0.3 is 5.32 Å². The van der Waals surface area contributed by atoms with Crippen molar-refractivity contribution in [3.8, 4) is 0 Å². The fourth-order valence-electron chi connectivity index (χ4n) is 3.12. The van der Waals surface area contributed by atoms with E-state index in [0.29, 0.717) is 10.6 Å². The van der Waals surface area contributed by atoms with Crippen LogP contribution in [0.15, 0.2) is 47.6 Å². The minimum atomic E-state index is -0.471. The third-order valence-corrected chi connectivity index (χ3v) is 5.48. The lowest BCUT2D eigenvalue weighted by molar-refractivity contribution is 0.0923. The zero-order chi connectivity index (χ0) is 17.5. The largest absolute Gasteiger partial charge is 0.349 e. The maximum Gasteiger partial charge on any atom is 0.254 e. The minimum absolute atomic E-state index is 0.201. The molecule has 1 N–H and O–H groups in total. The highest BCUT2D eigenvalue weighted by Gasteiger charge is 2.20. The van der Waals surface area contributed by atoms with Crippen LogP contribution >= 0.6 is 11.8 Å². The Labute approximate surface area is 152 Å². The van der Waals surface area contributed by atoms with Crippen LogP contribution in [0.4, 0.5) is 4.39 Å². The molecule has 0 atom stereocenters. The highest BCUT2D eigenvalue weighted by Crippen LogP contribution is 2.23. The lowest BCUT2D eigenvalue weighted by Crippen LogP contribution is -2.36. The van der Waals surface area contributed by atoms with Crippen molar-refractivity contribution >= 4 is 17.7 Å². The average molecular weight is 358 g/mol. The van der Waals surface area contributed by atoms with Crippen LogP contribution in [0.25, 0.3) is 0 Å². The summed E-state index contributed by atoms with van der Waals surface area (Å²) in [6, 6.07) is 11.7. The molecule has 1 saturated carbocycles. The van der Waals surface area contributed by atoms with Crippen LogP contribution in [0.3, 0.4) is 0 Å². The van der Waals surface area contributed by atoms with Crippen LogP contribution in [0.1, 0.15) is 48.0 Å². The summed E-state index contributed by atoms with van der Waals surface area (Å²) >= 11 is 1.50. The van der Waals surface area contributed by atoms with Crippen LogP contribution in [0, 0.1) is 5.82 Å². The fourth-order valence-corrected chi connectivity index (χ4v) is 4.09. The summed E-state index contributed by atoms with van der Waals surface area (Å²) in [5.41, 5.74) is 1.59. The molecule has 1 aromatic carbocycles. The number of rotatable bonds is 6. The number of pyridine rings is 1. The van der Waals surface area contributed by atoms with Crippen molar-refractivity contribution in [3.63, 3.8) is 0 Å². The summed E-state index contributed by atoms with van der Waals surface area (Å²) < 4.78 is 13.6. The zero-order valence-corrected chi connectivity index (χ0v) is 15.0. The van der Waals surface area contributed by atoms with Gasteiger partial charge in [-0.05, 0) is 30.9 Å². The maximum atomic E-state index is 13.6. The van der Waals surface area contributed by atoms with Crippen LogP contribution in [-0.4, -0.2) is 22.7 Å². The first-order chi connectivity index (χ1) is 12.2. The van der Waals surface area contributed by atoms with Crippen molar-refractivity contribution in [2.45, 2.75) is 49.6 Å². The molecule has 1 fully saturated rings. The average Bonchev–Trinajstić information content (AvgIpc) is 2.64. The zero-order valence-electron chi connectivity index (χ0n) is 14.2. The molecule has 0 spiro atoms. The number of carbonyl (C=O) groups excluding carboxylic acids is 1. The second-order valence-corrected chi connectivity index (χ2v) is 7.48. The molecule has 1 heterocycles. The van der Waals surface area contributed by atoms with E-state index >= 15 is 0 Å². The van der Waals surface area contributed by atoms with Gasteiger partial charge in [-0.3, -0.25) is 4.79 Å². The summed E-state index contributed by atoms with van der Waals surface area (Å²) in [7, 11) is 0. The summed E-state index contributed by atoms with van der Waals surface area (Å²) in [5.74, 6) is 0.120. The van der Waals surface area contributed by atoms with Gasteiger partial charge in [0.05, 0.1) is 11.8 Å². The van der Waals surface area contributed by atoms with E-state index in [1.165, 1.54) is 36.0 Å². The smallest absolute Gasteiger partial charge is 0.254 e. The van der Waals surface area contributed by atoms with Gasteiger partial charge in [-0.25, -0.2) is 9.37 Å². The quantitative estimate of drug-likeness (QED) is 0.766. The van der Waals surface area contributed by atoms with E-state index in [1.807, 2.05) is 18.2 Å². The Morgan fingerprint density at radius 3 is 2.72 bits per heavy atom. The monoisotopic (exact) mass is 358 g/mol. The highest BCUT2D eigenvalue weighted by atomic mass is 32.2. The molecule has 0 aliphatic heterocycles. The fraction of sp³-hybridized carbons (Fsp3) is 0.400. The maximum absolute atomic E-state index is 13.6. The van der Waals surface area contributed by atoms with Gasteiger partial charge in [0, 0.05) is 11.8 Å². The number of aromatic nitrogens is 1.